The average molecular weight is 1370 g/mol. The topological polar surface area (TPSA) is 88.4 Å². The Morgan fingerprint density at radius 3 is 1.14 bits per heavy atom. The van der Waals surface area contributed by atoms with E-state index in [1.54, 1.807) is 22.3 Å². The molecule has 493 valence electrons. The van der Waals surface area contributed by atoms with Crippen molar-refractivity contribution in [2.75, 3.05) is 0 Å². The highest BCUT2D eigenvalue weighted by molar-refractivity contribution is 9.10. The molecule has 1 radical (unpaired) electrons. The molecule has 12 aromatic rings. The van der Waals surface area contributed by atoms with Crippen LogP contribution in [0.4, 0.5) is 0 Å². The molecule has 12 aromatic carbocycles. The van der Waals surface area contributed by atoms with Crippen LogP contribution in [-0.2, 0) is 20.1 Å². The lowest BCUT2D eigenvalue weighted by atomic mass is 9.43. The van der Waals surface area contributed by atoms with Gasteiger partial charge in [-0.1, -0.05) is 218 Å². The Morgan fingerprint density at radius 1 is 0.390 bits per heavy atom. The zero-order valence-corrected chi connectivity index (χ0v) is 58.9. The largest absolute Gasteiger partial charge is 0.569 e. The molecule has 23 rings (SSSR count). The smallest absolute Gasteiger partial charge is 0.537 e. The van der Waals surface area contributed by atoms with Crippen LogP contribution in [0.2, 0.25) is 0 Å². The first-order valence-electron chi connectivity index (χ1n) is 36.8. The van der Waals surface area contributed by atoms with Crippen molar-refractivity contribution in [2.45, 2.75) is 114 Å². The highest BCUT2D eigenvalue weighted by atomic mass is 79.9. The summed E-state index contributed by atoms with van der Waals surface area (Å²) in [5, 5.41) is 36.8. The Kier molecular flexibility index (Phi) is 15.0. The molecule has 8 saturated carbocycles. The molecule has 3 N–H and O–H groups in total. The predicted octanol–water partition coefficient (Wildman–Crippen LogP) is 19.8. The van der Waals surface area contributed by atoms with Crippen molar-refractivity contribution in [1.29, 1.82) is 0 Å². The summed E-state index contributed by atoms with van der Waals surface area (Å²) in [5.74, 6) is 7.64. The van der Waals surface area contributed by atoms with Crippen molar-refractivity contribution in [3.05, 3.63) is 257 Å². The van der Waals surface area contributed by atoms with Gasteiger partial charge in [0.1, 0.15) is 5.75 Å². The Hall–Kier alpha value is -8.05. The van der Waals surface area contributed by atoms with Crippen molar-refractivity contribution >= 4 is 91.9 Å². The van der Waals surface area contributed by atoms with Crippen LogP contribution in [0.3, 0.4) is 0 Å². The SMILES string of the molecule is CC1(C)OB(c2ccc(-c3ccc4c(c3)C3(c5ccccc5-4)C4CC5CC(C4)CC3C5)cc2)OC1(C)C.OB(O)c1c2ccccc2c(Br)c2ccccc12.O[B]Oc1c2ccccc2c(-c2ccc(-c3ccc4c(c3)C3(c5ccccc5-4)C4CC5CC(C4)CC3C5)cc2)c2ccccc12. The van der Waals surface area contributed by atoms with E-state index in [-0.39, 0.29) is 29.2 Å². The summed E-state index contributed by atoms with van der Waals surface area (Å²) in [6, 6.07) is 83.6. The molecule has 0 amide bonds. The van der Waals surface area contributed by atoms with Crippen LogP contribution in [0, 0.1) is 47.3 Å². The van der Waals surface area contributed by atoms with Gasteiger partial charge in [0.05, 0.1) is 11.2 Å². The van der Waals surface area contributed by atoms with Crippen molar-refractivity contribution in [1.82, 2.24) is 0 Å². The normalized spacial score (nSPS) is 25.9. The van der Waals surface area contributed by atoms with Crippen LogP contribution in [0.25, 0.3) is 98.7 Å². The number of fused-ring (bicyclic) bond motifs is 10. The van der Waals surface area contributed by atoms with Crippen LogP contribution in [0.15, 0.2) is 235 Å². The number of rotatable bonds is 7. The third-order valence-electron chi connectivity index (χ3n) is 26.6. The summed E-state index contributed by atoms with van der Waals surface area (Å²) in [7, 11) is -1.01. The predicted molar refractivity (Wildman–Crippen MR) is 414 cm³/mol. The average Bonchev–Trinajstić information content (AvgIpc) is 1.48. The zero-order valence-electron chi connectivity index (χ0n) is 57.3. The van der Waals surface area contributed by atoms with Gasteiger partial charge in [-0.15, -0.1) is 0 Å². The Bertz CT molecular complexity index is 5090. The molecule has 11 aliphatic rings. The first-order valence-corrected chi connectivity index (χ1v) is 37.6. The lowest BCUT2D eigenvalue weighted by molar-refractivity contribution is -0.0399. The van der Waals surface area contributed by atoms with E-state index < -0.39 is 7.12 Å². The highest BCUT2D eigenvalue weighted by Gasteiger charge is 2.63. The van der Waals surface area contributed by atoms with E-state index in [2.05, 4.69) is 213 Å². The Morgan fingerprint density at radius 2 is 0.730 bits per heavy atom. The second kappa shape index (κ2) is 23.8. The van der Waals surface area contributed by atoms with Gasteiger partial charge in [-0.25, -0.2) is 0 Å². The van der Waals surface area contributed by atoms with Crippen molar-refractivity contribution in [3.63, 3.8) is 0 Å². The maximum atomic E-state index is 9.65. The molecular formula is C90H81B3BrO6. The van der Waals surface area contributed by atoms with Gasteiger partial charge in [-0.2, -0.15) is 0 Å². The van der Waals surface area contributed by atoms with E-state index >= 15 is 0 Å². The molecule has 2 spiro atoms. The standard InChI is InChI=1S/C42H34BO2.C34H37BO2.C14H10BBrO2/c44-43-45-41-36-10-3-1-8-34(36)40(35-9-2-4-11-37(35)41)28-15-13-27(14-16-28)29-17-18-33-32-7-5-6-12-38(32)42(39(33)24-29)30-20-25-19-26(22-30)23-31(42)21-25;1-32(2)33(3,4)37-35(36-32)27-12-9-23(10-13-27)24-11-14-29-28-7-5-6-8-30(28)34(31(29)20-24)25-16-21-15-22(18-25)19-26(34)17-21;16-14-11-7-3-1-5-9(11)13(15(17)18)10-6-2-4-8-12(10)14/h1-18,24-26,30-31,44H,19-23H2;5-14,20-22,25-26H,15-19H2,1-4H3;1-8,17-18H. The van der Waals surface area contributed by atoms with E-state index in [9.17, 15) is 15.1 Å². The fourth-order valence-electron chi connectivity index (χ4n) is 22.3. The van der Waals surface area contributed by atoms with Crippen LogP contribution in [0.1, 0.15) is 114 Å². The van der Waals surface area contributed by atoms with Gasteiger partial charge in [0.25, 0.3) is 0 Å². The van der Waals surface area contributed by atoms with Crippen LogP contribution in [0.5, 0.6) is 5.75 Å². The number of hydrogen-bond acceptors (Lipinski definition) is 6. The molecule has 1 heterocycles. The molecule has 0 unspecified atom stereocenters. The zero-order chi connectivity index (χ0) is 67.6. The summed E-state index contributed by atoms with van der Waals surface area (Å²) < 4.78 is 19.3. The van der Waals surface area contributed by atoms with Gasteiger partial charge in [-0.05, 0) is 288 Å². The van der Waals surface area contributed by atoms with Gasteiger partial charge >= 0.3 is 21.9 Å². The molecule has 1 saturated heterocycles. The lowest BCUT2D eigenvalue weighted by Gasteiger charge is -2.61. The van der Waals surface area contributed by atoms with E-state index in [1.807, 2.05) is 60.7 Å². The molecule has 8 bridgehead atoms. The number of benzene rings is 12. The Labute approximate surface area is 596 Å². The van der Waals surface area contributed by atoms with E-state index in [0.717, 1.165) is 108 Å². The minimum absolute atomic E-state index is 0.183. The second-order valence-corrected chi connectivity index (χ2v) is 32.8. The first kappa shape index (κ1) is 62.9. The summed E-state index contributed by atoms with van der Waals surface area (Å²) in [5.41, 5.74) is 21.4. The Balaban J connectivity index is 0.000000114. The van der Waals surface area contributed by atoms with Gasteiger partial charge < -0.3 is 29.0 Å². The van der Waals surface area contributed by atoms with Crippen molar-refractivity contribution in [2.24, 2.45) is 47.3 Å². The minimum atomic E-state index is -1.48. The number of halogens is 1. The summed E-state index contributed by atoms with van der Waals surface area (Å²) >= 11 is 3.60. The molecule has 9 fully saturated rings. The molecular weight excluding hydrogens is 1290 g/mol. The molecule has 1 aliphatic heterocycles. The van der Waals surface area contributed by atoms with E-state index in [4.69, 9.17) is 14.0 Å². The summed E-state index contributed by atoms with van der Waals surface area (Å²) in [4.78, 5) is 0. The second-order valence-electron chi connectivity index (χ2n) is 32.0. The van der Waals surface area contributed by atoms with Crippen LogP contribution >= 0.6 is 15.9 Å². The maximum absolute atomic E-state index is 9.65. The van der Waals surface area contributed by atoms with Crippen molar-refractivity contribution in [3.8, 4) is 61.4 Å². The highest BCUT2D eigenvalue weighted by Crippen LogP contribution is 2.71. The van der Waals surface area contributed by atoms with Gasteiger partial charge in [0.2, 0.25) is 0 Å². The van der Waals surface area contributed by atoms with Gasteiger partial charge in [-0.3, -0.25) is 0 Å². The third-order valence-corrected chi connectivity index (χ3v) is 27.5. The molecule has 10 heteroatoms. The fraction of sp³-hybridized carbons (Fsp3) is 0.289. The van der Waals surface area contributed by atoms with E-state index in [1.165, 1.54) is 120 Å². The summed E-state index contributed by atoms with van der Waals surface area (Å²) in [6.07, 6.45) is 14.3. The maximum Gasteiger partial charge on any atom is 0.569 e. The van der Waals surface area contributed by atoms with Gasteiger partial charge in [0.15, 0.2) is 0 Å². The number of hydrogen-bond donors (Lipinski definition) is 3. The molecule has 100 heavy (non-hydrogen) atoms. The molecule has 10 aliphatic carbocycles. The first-order chi connectivity index (χ1) is 48.7. The molecule has 6 nitrogen and oxygen atoms in total. The lowest BCUT2D eigenvalue weighted by Crippen LogP contribution is -2.55. The van der Waals surface area contributed by atoms with Crippen LogP contribution in [-0.4, -0.2) is 48.2 Å². The molecule has 0 atom stereocenters. The quantitative estimate of drug-likeness (QED) is 0.109. The van der Waals surface area contributed by atoms with Gasteiger partial charge in [0, 0.05) is 26.1 Å². The van der Waals surface area contributed by atoms with Crippen LogP contribution < -0.4 is 15.6 Å². The summed E-state index contributed by atoms with van der Waals surface area (Å²) in [6.45, 7) is 8.46. The third kappa shape index (κ3) is 9.48. The monoisotopic (exact) mass is 1370 g/mol. The minimum Gasteiger partial charge on any atom is -0.537 e. The molecule has 0 aromatic heterocycles. The van der Waals surface area contributed by atoms with E-state index in [0.29, 0.717) is 11.2 Å². The fourth-order valence-corrected chi connectivity index (χ4v) is 23.0. The van der Waals surface area contributed by atoms with Crippen molar-refractivity contribution < 1.29 is 29.0 Å².